The summed E-state index contributed by atoms with van der Waals surface area (Å²) < 4.78 is 10.2. The fourth-order valence-corrected chi connectivity index (χ4v) is 1.83. The number of hydrogen-bond acceptors (Lipinski definition) is 5. The summed E-state index contributed by atoms with van der Waals surface area (Å²) in [6, 6.07) is 3.52. The molecule has 0 saturated carbocycles. The van der Waals surface area contributed by atoms with Gasteiger partial charge in [-0.25, -0.2) is 0 Å². The Balaban J connectivity index is 2.45. The number of hydrogen-bond donors (Lipinski definition) is 3. The molecule has 0 spiro atoms. The maximum absolute atomic E-state index is 10.6. The van der Waals surface area contributed by atoms with Gasteiger partial charge in [0.05, 0.1) is 14.2 Å². The Morgan fingerprint density at radius 1 is 1.25 bits per heavy atom. The molecule has 0 saturated heterocycles. The Hall–Kier alpha value is -1.95. The number of amides is 1. The molecule has 0 atom stereocenters. The summed E-state index contributed by atoms with van der Waals surface area (Å²) in [6.07, 6.45) is 2.09. The standard InChI is InChI=1S/C14H22N2O4/c1-19-11-7-10(8-12(20-2)14(11)18)9-16-6-4-3-5-13(15)17/h7-8,16,18H,3-6,9H2,1-2H3,(H2,15,17). The van der Waals surface area contributed by atoms with Crippen LogP contribution < -0.4 is 20.5 Å². The first-order valence-electron chi connectivity index (χ1n) is 6.51. The number of phenols is 1. The summed E-state index contributed by atoms with van der Waals surface area (Å²) in [5, 5.41) is 13.0. The van der Waals surface area contributed by atoms with Crippen molar-refractivity contribution in [2.24, 2.45) is 5.73 Å². The van der Waals surface area contributed by atoms with Crippen LogP contribution >= 0.6 is 0 Å². The molecule has 1 rings (SSSR count). The Morgan fingerprint density at radius 2 is 1.85 bits per heavy atom. The minimum atomic E-state index is -0.266. The number of rotatable bonds is 9. The Labute approximate surface area is 118 Å². The number of carbonyl (C=O) groups excluding carboxylic acids is 1. The van der Waals surface area contributed by atoms with Crippen LogP contribution in [0.15, 0.2) is 12.1 Å². The number of primary amides is 1. The number of ether oxygens (including phenoxy) is 2. The van der Waals surface area contributed by atoms with Crippen molar-refractivity contribution < 1.29 is 19.4 Å². The quantitative estimate of drug-likeness (QED) is 0.591. The molecule has 6 heteroatoms. The molecule has 112 valence electrons. The number of aromatic hydroxyl groups is 1. The van der Waals surface area contributed by atoms with E-state index in [0.717, 1.165) is 24.9 Å². The largest absolute Gasteiger partial charge is 0.502 e. The van der Waals surface area contributed by atoms with Gasteiger partial charge >= 0.3 is 0 Å². The van der Waals surface area contributed by atoms with Gasteiger partial charge in [0.1, 0.15) is 0 Å². The summed E-state index contributed by atoms with van der Waals surface area (Å²) in [5.41, 5.74) is 6.02. The predicted molar refractivity (Wildman–Crippen MR) is 76.0 cm³/mol. The highest BCUT2D eigenvalue weighted by Crippen LogP contribution is 2.36. The molecule has 0 aliphatic carbocycles. The number of carbonyl (C=O) groups is 1. The first-order valence-corrected chi connectivity index (χ1v) is 6.51. The number of unbranched alkanes of at least 4 members (excludes halogenated alkanes) is 1. The second kappa shape index (κ2) is 8.27. The molecular weight excluding hydrogens is 260 g/mol. The monoisotopic (exact) mass is 282 g/mol. The number of nitrogens with two attached hydrogens (primary N) is 1. The van der Waals surface area contributed by atoms with E-state index in [-0.39, 0.29) is 11.7 Å². The smallest absolute Gasteiger partial charge is 0.217 e. The van der Waals surface area contributed by atoms with Gasteiger partial charge in [0.25, 0.3) is 0 Å². The molecular formula is C14H22N2O4. The lowest BCUT2D eigenvalue weighted by Gasteiger charge is -2.11. The summed E-state index contributed by atoms with van der Waals surface area (Å²) in [4.78, 5) is 10.6. The molecule has 1 aromatic carbocycles. The molecule has 4 N–H and O–H groups in total. The Kier molecular flexibility index (Phi) is 6.66. The van der Waals surface area contributed by atoms with Gasteiger partial charge < -0.3 is 25.6 Å². The molecule has 6 nitrogen and oxygen atoms in total. The zero-order valence-electron chi connectivity index (χ0n) is 11.9. The predicted octanol–water partition coefficient (Wildman–Crippen LogP) is 1.15. The second-order valence-electron chi connectivity index (χ2n) is 4.45. The van der Waals surface area contributed by atoms with Gasteiger partial charge in [-0.3, -0.25) is 4.79 Å². The number of nitrogens with one attached hydrogen (secondary N) is 1. The highest BCUT2D eigenvalue weighted by atomic mass is 16.5. The maximum atomic E-state index is 10.6. The van der Waals surface area contributed by atoms with Crippen molar-refractivity contribution in [2.45, 2.75) is 25.8 Å². The van der Waals surface area contributed by atoms with Gasteiger partial charge in [-0.15, -0.1) is 0 Å². The van der Waals surface area contributed by atoms with E-state index >= 15 is 0 Å². The van der Waals surface area contributed by atoms with Crippen LogP contribution in [-0.2, 0) is 11.3 Å². The van der Waals surface area contributed by atoms with E-state index < -0.39 is 0 Å². The fraction of sp³-hybridized carbons (Fsp3) is 0.500. The summed E-state index contributed by atoms with van der Waals surface area (Å²) in [5.74, 6) is 0.503. The van der Waals surface area contributed by atoms with E-state index in [9.17, 15) is 9.90 Å². The highest BCUT2D eigenvalue weighted by Gasteiger charge is 2.10. The van der Waals surface area contributed by atoms with E-state index in [1.54, 1.807) is 12.1 Å². The third-order valence-electron chi connectivity index (χ3n) is 2.90. The number of phenolic OH excluding ortho intramolecular Hbond substituents is 1. The molecule has 0 radical (unpaired) electrons. The summed E-state index contributed by atoms with van der Waals surface area (Å²) in [6.45, 7) is 1.42. The molecule has 0 bridgehead atoms. The van der Waals surface area contributed by atoms with Crippen molar-refractivity contribution in [1.29, 1.82) is 0 Å². The van der Waals surface area contributed by atoms with Crippen molar-refractivity contribution in [2.75, 3.05) is 20.8 Å². The summed E-state index contributed by atoms with van der Waals surface area (Å²) in [7, 11) is 2.99. The van der Waals surface area contributed by atoms with E-state index in [2.05, 4.69) is 5.32 Å². The Morgan fingerprint density at radius 3 is 2.35 bits per heavy atom. The van der Waals surface area contributed by atoms with Crippen LogP contribution in [0.5, 0.6) is 17.2 Å². The highest BCUT2D eigenvalue weighted by molar-refractivity contribution is 5.73. The van der Waals surface area contributed by atoms with Crippen LogP contribution in [0.3, 0.4) is 0 Å². The zero-order chi connectivity index (χ0) is 15.0. The van der Waals surface area contributed by atoms with E-state index in [0.29, 0.717) is 24.5 Å². The zero-order valence-corrected chi connectivity index (χ0v) is 11.9. The normalized spacial score (nSPS) is 10.3. The summed E-state index contributed by atoms with van der Waals surface area (Å²) >= 11 is 0. The van der Waals surface area contributed by atoms with Crippen LogP contribution in [0.4, 0.5) is 0 Å². The van der Waals surface area contributed by atoms with Crippen LogP contribution in [0.2, 0.25) is 0 Å². The molecule has 0 unspecified atom stereocenters. The molecule has 1 amide bonds. The SMILES string of the molecule is COc1cc(CNCCCCC(N)=O)cc(OC)c1O. The topological polar surface area (TPSA) is 93.8 Å². The van der Waals surface area contributed by atoms with Gasteiger partial charge in [-0.05, 0) is 37.1 Å². The van der Waals surface area contributed by atoms with Crippen LogP contribution in [-0.4, -0.2) is 31.8 Å². The number of benzene rings is 1. The molecule has 20 heavy (non-hydrogen) atoms. The molecule has 0 fully saturated rings. The van der Waals surface area contributed by atoms with E-state index in [4.69, 9.17) is 15.2 Å². The van der Waals surface area contributed by atoms with Gasteiger partial charge in [0.15, 0.2) is 11.5 Å². The average Bonchev–Trinajstić information content (AvgIpc) is 2.43. The van der Waals surface area contributed by atoms with Crippen LogP contribution in [0.1, 0.15) is 24.8 Å². The molecule has 0 aromatic heterocycles. The van der Waals surface area contributed by atoms with E-state index in [1.807, 2.05) is 0 Å². The molecule has 0 heterocycles. The lowest BCUT2D eigenvalue weighted by Crippen LogP contribution is -2.16. The third-order valence-corrected chi connectivity index (χ3v) is 2.90. The first kappa shape index (κ1) is 16.1. The van der Waals surface area contributed by atoms with E-state index in [1.165, 1.54) is 14.2 Å². The first-order chi connectivity index (χ1) is 9.58. The lowest BCUT2D eigenvalue weighted by atomic mass is 10.1. The van der Waals surface area contributed by atoms with Crippen molar-refractivity contribution in [3.05, 3.63) is 17.7 Å². The van der Waals surface area contributed by atoms with Crippen molar-refractivity contribution in [3.63, 3.8) is 0 Å². The van der Waals surface area contributed by atoms with Gasteiger partial charge in [-0.1, -0.05) is 0 Å². The second-order valence-corrected chi connectivity index (χ2v) is 4.45. The minimum Gasteiger partial charge on any atom is -0.502 e. The molecule has 1 aromatic rings. The van der Waals surface area contributed by atoms with Gasteiger partial charge in [-0.2, -0.15) is 0 Å². The number of methoxy groups -OCH3 is 2. The van der Waals surface area contributed by atoms with Crippen molar-refractivity contribution in [1.82, 2.24) is 5.32 Å². The lowest BCUT2D eigenvalue weighted by molar-refractivity contribution is -0.118. The van der Waals surface area contributed by atoms with Crippen LogP contribution in [0.25, 0.3) is 0 Å². The third kappa shape index (κ3) is 4.97. The fourth-order valence-electron chi connectivity index (χ4n) is 1.83. The van der Waals surface area contributed by atoms with Crippen LogP contribution in [0, 0.1) is 0 Å². The average molecular weight is 282 g/mol. The van der Waals surface area contributed by atoms with Crippen molar-refractivity contribution in [3.8, 4) is 17.2 Å². The molecule has 0 aliphatic heterocycles. The maximum Gasteiger partial charge on any atom is 0.217 e. The van der Waals surface area contributed by atoms with Gasteiger partial charge in [0.2, 0.25) is 11.7 Å². The van der Waals surface area contributed by atoms with Crippen molar-refractivity contribution >= 4 is 5.91 Å². The minimum absolute atomic E-state index is 0.000193. The van der Waals surface area contributed by atoms with Gasteiger partial charge in [0, 0.05) is 13.0 Å². The molecule has 0 aliphatic rings. The Bertz CT molecular complexity index is 424.